The van der Waals surface area contributed by atoms with Gasteiger partial charge < -0.3 is 15.4 Å². The summed E-state index contributed by atoms with van der Waals surface area (Å²) in [6.45, 7) is 4.93. The van der Waals surface area contributed by atoms with E-state index in [1.165, 1.54) is 0 Å². The topological polar surface area (TPSA) is 62.3 Å². The van der Waals surface area contributed by atoms with Crippen molar-refractivity contribution in [3.05, 3.63) is 0 Å². The summed E-state index contributed by atoms with van der Waals surface area (Å²) in [5.74, 6) is 0.460. The van der Waals surface area contributed by atoms with Gasteiger partial charge in [0.2, 0.25) is 0 Å². The van der Waals surface area contributed by atoms with Gasteiger partial charge in [-0.1, -0.05) is 13.8 Å². The van der Waals surface area contributed by atoms with Crippen LogP contribution in [0.2, 0.25) is 0 Å². The first-order chi connectivity index (χ1) is 6.52. The van der Waals surface area contributed by atoms with Gasteiger partial charge in [0.05, 0.1) is 18.2 Å². The highest BCUT2D eigenvalue weighted by atomic mass is 16.5. The summed E-state index contributed by atoms with van der Waals surface area (Å²) in [6, 6.07) is -0.227. The average Bonchev–Trinajstić information content (AvgIpc) is 2.54. The molecule has 2 radical (unpaired) electrons. The fraction of sp³-hybridized carbons (Fsp3) is 0.889. The van der Waals surface area contributed by atoms with E-state index in [-0.39, 0.29) is 23.6 Å². The van der Waals surface area contributed by atoms with Gasteiger partial charge in [0.25, 0.3) is 0 Å². The lowest BCUT2D eigenvalue weighted by Gasteiger charge is -2.36. The lowest BCUT2D eigenvalue weighted by atomic mass is 9.84. The third-order valence-electron chi connectivity index (χ3n) is 3.76. The van der Waals surface area contributed by atoms with Gasteiger partial charge >= 0.3 is 0 Å². The van der Waals surface area contributed by atoms with Crippen LogP contribution in [0.4, 0.5) is 0 Å². The maximum absolute atomic E-state index is 7.48. The molecule has 5 heteroatoms. The summed E-state index contributed by atoms with van der Waals surface area (Å²) >= 11 is 0. The van der Waals surface area contributed by atoms with Gasteiger partial charge in [-0.3, -0.25) is 5.41 Å². The largest absolute Gasteiger partial charge is 0.377 e. The average molecular weight is 193 g/mol. The summed E-state index contributed by atoms with van der Waals surface area (Å²) in [7, 11) is 5.88. The number of hydrogen-bond donors (Lipinski definition) is 2. The highest BCUT2D eigenvalue weighted by Crippen LogP contribution is 2.46. The molecule has 2 aliphatic heterocycles. The second-order valence-corrected chi connectivity index (χ2v) is 4.29. The number of rotatable bonds is 1. The van der Waals surface area contributed by atoms with E-state index < -0.39 is 0 Å². The summed E-state index contributed by atoms with van der Waals surface area (Å²) < 4.78 is 5.77. The molecule has 4 atom stereocenters. The van der Waals surface area contributed by atoms with Crippen LogP contribution in [0.5, 0.6) is 0 Å². The van der Waals surface area contributed by atoms with Crippen molar-refractivity contribution in [3.8, 4) is 0 Å². The number of ether oxygens (including phenoxy) is 1. The molecule has 0 aromatic rings. The molecule has 2 fully saturated rings. The zero-order valence-corrected chi connectivity index (χ0v) is 8.66. The minimum atomic E-state index is -0.303. The van der Waals surface area contributed by atoms with E-state index >= 15 is 0 Å². The van der Waals surface area contributed by atoms with Gasteiger partial charge in [-0.15, -0.1) is 0 Å². The Labute approximate surface area is 85.7 Å². The maximum atomic E-state index is 7.48. The highest BCUT2D eigenvalue weighted by molar-refractivity contribution is 6.12. The summed E-state index contributed by atoms with van der Waals surface area (Å²) in [6.07, 6.45) is 0.919. The Morgan fingerprint density at radius 1 is 1.79 bits per heavy atom. The van der Waals surface area contributed by atoms with Crippen molar-refractivity contribution in [2.24, 2.45) is 11.7 Å². The van der Waals surface area contributed by atoms with E-state index in [2.05, 4.69) is 13.8 Å². The second-order valence-electron chi connectivity index (χ2n) is 4.29. The van der Waals surface area contributed by atoms with Crippen molar-refractivity contribution in [1.82, 2.24) is 4.90 Å². The van der Waals surface area contributed by atoms with Crippen LogP contribution in [0.15, 0.2) is 0 Å². The number of guanidine groups is 1. The van der Waals surface area contributed by atoms with Gasteiger partial charge in [-0.25, -0.2) is 0 Å². The number of fused-ring (bicyclic) bond motifs is 2. The number of hydrogen-bond acceptors (Lipinski definition) is 2. The first-order valence-electron chi connectivity index (χ1n) is 5.06. The molecule has 0 amide bonds. The van der Waals surface area contributed by atoms with E-state index in [4.69, 9.17) is 23.7 Å². The molecule has 2 saturated heterocycles. The zero-order valence-electron chi connectivity index (χ0n) is 8.66. The molecule has 14 heavy (non-hydrogen) atoms. The summed E-state index contributed by atoms with van der Waals surface area (Å²) in [5.41, 5.74) is 5.34. The molecular weight excluding hydrogens is 177 g/mol. The van der Waals surface area contributed by atoms with Crippen LogP contribution in [0.1, 0.15) is 20.3 Å². The van der Waals surface area contributed by atoms with Crippen LogP contribution in [-0.4, -0.2) is 42.9 Å². The molecule has 0 saturated carbocycles. The van der Waals surface area contributed by atoms with E-state index in [0.717, 1.165) is 6.42 Å². The summed E-state index contributed by atoms with van der Waals surface area (Å²) in [5, 5.41) is 7.48. The van der Waals surface area contributed by atoms with Crippen LogP contribution in [0, 0.1) is 11.3 Å². The van der Waals surface area contributed by atoms with Crippen molar-refractivity contribution in [1.29, 1.82) is 5.41 Å². The molecule has 1 unspecified atom stereocenters. The van der Waals surface area contributed by atoms with E-state index in [1.807, 2.05) is 4.90 Å². The lowest BCUT2D eigenvalue weighted by molar-refractivity contribution is -0.0579. The quantitative estimate of drug-likeness (QED) is 0.346. The molecule has 0 spiro atoms. The van der Waals surface area contributed by atoms with Crippen LogP contribution in [-0.2, 0) is 4.74 Å². The third kappa shape index (κ3) is 1.02. The Morgan fingerprint density at radius 2 is 2.43 bits per heavy atom. The smallest absolute Gasteiger partial charge is 0.188 e. The van der Waals surface area contributed by atoms with E-state index in [9.17, 15) is 0 Å². The monoisotopic (exact) mass is 193 g/mol. The third-order valence-corrected chi connectivity index (χ3v) is 3.76. The SMILES string of the molecule is [B][C@@H]1O[C@@]2(CC)CN(C(=N)N)C1[C@H]2C. The second kappa shape index (κ2) is 2.89. The molecule has 2 aliphatic rings. The van der Waals surface area contributed by atoms with Gasteiger partial charge in [-0.05, 0) is 6.42 Å². The van der Waals surface area contributed by atoms with Crippen molar-refractivity contribution in [3.63, 3.8) is 0 Å². The minimum Gasteiger partial charge on any atom is -0.377 e. The Hall–Kier alpha value is -0.705. The number of likely N-dealkylation sites (tertiary alicyclic amines) is 1. The predicted molar refractivity (Wildman–Crippen MR) is 55.2 cm³/mol. The van der Waals surface area contributed by atoms with Crippen LogP contribution >= 0.6 is 0 Å². The van der Waals surface area contributed by atoms with E-state index in [0.29, 0.717) is 12.5 Å². The molecule has 0 aromatic heterocycles. The van der Waals surface area contributed by atoms with E-state index in [1.54, 1.807) is 0 Å². The van der Waals surface area contributed by atoms with Crippen molar-refractivity contribution in [2.75, 3.05) is 6.54 Å². The van der Waals surface area contributed by atoms with Crippen molar-refractivity contribution in [2.45, 2.75) is 37.9 Å². The molecule has 76 valence electrons. The number of nitrogens with one attached hydrogen (secondary N) is 1. The van der Waals surface area contributed by atoms with Gasteiger partial charge in [0, 0.05) is 11.9 Å². The lowest BCUT2D eigenvalue weighted by Crippen LogP contribution is -2.52. The fourth-order valence-electron chi connectivity index (χ4n) is 2.83. The van der Waals surface area contributed by atoms with Gasteiger partial charge in [0.15, 0.2) is 5.96 Å². The normalized spacial score (nSPS) is 45.9. The minimum absolute atomic E-state index is 0.0763. The van der Waals surface area contributed by atoms with Crippen LogP contribution in [0.3, 0.4) is 0 Å². The standard InChI is InChI=1S/C9H16BN3O/c1-3-9-4-13(8(11)12)6(5(9)2)7(10)14-9/h5-7H,3-4H2,1-2H3,(H3,11,12)/t5-,6?,7-,9+/m1/s1. The molecule has 2 heterocycles. The first kappa shape index (κ1) is 9.83. The molecule has 0 aliphatic carbocycles. The maximum Gasteiger partial charge on any atom is 0.188 e. The number of morpholine rings is 1. The van der Waals surface area contributed by atoms with Gasteiger partial charge in [-0.2, -0.15) is 0 Å². The molecule has 2 rings (SSSR count). The summed E-state index contributed by atoms with van der Waals surface area (Å²) in [4.78, 5) is 1.86. The number of nitrogens with two attached hydrogens (primary N) is 1. The zero-order chi connectivity index (χ0) is 10.5. The Morgan fingerprint density at radius 3 is 2.79 bits per heavy atom. The Balaban J connectivity index is 2.30. The molecule has 4 nitrogen and oxygen atoms in total. The van der Waals surface area contributed by atoms with Gasteiger partial charge in [0.1, 0.15) is 7.85 Å². The predicted octanol–water partition coefficient (Wildman–Crippen LogP) is -0.126. The number of nitrogens with zero attached hydrogens (tertiary/aromatic N) is 1. The van der Waals surface area contributed by atoms with Crippen LogP contribution < -0.4 is 5.73 Å². The highest BCUT2D eigenvalue weighted by Gasteiger charge is 2.59. The molecular formula is C9H16BN3O. The molecule has 2 bridgehead atoms. The Kier molecular flexibility index (Phi) is 2.03. The Bertz CT molecular complexity index is 273. The fourth-order valence-corrected chi connectivity index (χ4v) is 2.83. The first-order valence-corrected chi connectivity index (χ1v) is 5.06. The van der Waals surface area contributed by atoms with Crippen molar-refractivity contribution < 1.29 is 4.74 Å². The molecule has 3 N–H and O–H groups in total. The molecule has 0 aromatic carbocycles. The van der Waals surface area contributed by atoms with Crippen molar-refractivity contribution >= 4 is 13.8 Å². The van der Waals surface area contributed by atoms with Crippen LogP contribution in [0.25, 0.3) is 0 Å².